The zero-order valence-corrected chi connectivity index (χ0v) is 34.4. The van der Waals surface area contributed by atoms with Gasteiger partial charge in [-0.05, 0) is 116 Å². The zero-order chi connectivity index (χ0) is 39.3. The lowest BCUT2D eigenvalue weighted by Gasteiger charge is -2.13. The summed E-state index contributed by atoms with van der Waals surface area (Å²) in [5.41, 5.74) is 0. The molecule has 54 heavy (non-hydrogen) atoms. The van der Waals surface area contributed by atoms with E-state index in [1.807, 2.05) is 0 Å². The van der Waals surface area contributed by atoms with Gasteiger partial charge in [0.15, 0.2) is 0 Å². The summed E-state index contributed by atoms with van der Waals surface area (Å²) in [7, 11) is 0. The SMILES string of the molecule is CC/C=C\C/C=C\C/C=C\C/C=C\C/C=C\C/C=C\CCC(=O)NCCCC[C@@H](C)NC(=O)CC/C=C\C/C=C\C/C=C\C/C=C\C/C=C\C/C=C\CC. The molecule has 0 spiro atoms. The largest absolute Gasteiger partial charge is 0.356 e. The number of unbranched alkanes of at least 4 members (excludes halogenated alkanes) is 1. The van der Waals surface area contributed by atoms with Gasteiger partial charge in [0.1, 0.15) is 0 Å². The topological polar surface area (TPSA) is 58.2 Å². The molecule has 0 aromatic carbocycles. The maximum absolute atomic E-state index is 12.3. The Kier molecular flexibility index (Phi) is 39.9. The van der Waals surface area contributed by atoms with Crippen LogP contribution < -0.4 is 10.6 Å². The first kappa shape index (κ1) is 49.8. The summed E-state index contributed by atoms with van der Waals surface area (Å²) in [4.78, 5) is 24.4. The molecule has 0 aromatic rings. The molecular weight excluding hydrogens is 661 g/mol. The van der Waals surface area contributed by atoms with E-state index in [0.717, 1.165) is 109 Å². The van der Waals surface area contributed by atoms with Crippen LogP contribution in [0.5, 0.6) is 0 Å². The fraction of sp³-hybridized carbons (Fsp3) is 0.480. The van der Waals surface area contributed by atoms with E-state index in [-0.39, 0.29) is 17.9 Å². The van der Waals surface area contributed by atoms with E-state index < -0.39 is 0 Å². The highest BCUT2D eigenvalue weighted by molar-refractivity contribution is 5.76. The smallest absolute Gasteiger partial charge is 0.220 e. The van der Waals surface area contributed by atoms with Crippen molar-refractivity contribution in [3.8, 4) is 0 Å². The van der Waals surface area contributed by atoms with E-state index in [4.69, 9.17) is 0 Å². The van der Waals surface area contributed by atoms with Crippen molar-refractivity contribution in [1.29, 1.82) is 0 Å². The minimum absolute atomic E-state index is 0.102. The van der Waals surface area contributed by atoms with Crippen molar-refractivity contribution in [2.24, 2.45) is 0 Å². The summed E-state index contributed by atoms with van der Waals surface area (Å²) >= 11 is 0. The molecule has 1 atom stereocenters. The number of rotatable bonds is 34. The Hall–Kier alpha value is -4.18. The fourth-order valence-electron chi connectivity index (χ4n) is 5.02. The molecule has 0 saturated heterocycles. The highest BCUT2D eigenvalue weighted by Crippen LogP contribution is 2.03. The van der Waals surface area contributed by atoms with Crippen LogP contribution in [0, 0.1) is 0 Å². The third-order valence-corrected chi connectivity index (χ3v) is 8.06. The number of hydrogen-bond donors (Lipinski definition) is 2. The predicted octanol–water partition coefficient (Wildman–Crippen LogP) is 13.7. The molecule has 2 N–H and O–H groups in total. The third kappa shape index (κ3) is 42.2. The van der Waals surface area contributed by atoms with Crippen molar-refractivity contribution in [2.45, 2.75) is 149 Å². The van der Waals surface area contributed by atoms with Crippen molar-refractivity contribution >= 4 is 11.8 Å². The van der Waals surface area contributed by atoms with Crippen LogP contribution in [0.15, 0.2) is 146 Å². The second-order valence-corrected chi connectivity index (χ2v) is 13.2. The van der Waals surface area contributed by atoms with Gasteiger partial charge < -0.3 is 10.6 Å². The third-order valence-electron chi connectivity index (χ3n) is 8.06. The molecule has 0 unspecified atom stereocenters. The molecule has 4 heteroatoms. The summed E-state index contributed by atoms with van der Waals surface area (Å²) < 4.78 is 0. The number of carbonyl (C=O) groups excluding carboxylic acids is 2. The molecule has 2 amide bonds. The highest BCUT2D eigenvalue weighted by atomic mass is 16.2. The molecule has 0 radical (unpaired) electrons. The molecule has 298 valence electrons. The van der Waals surface area contributed by atoms with Gasteiger partial charge in [-0.3, -0.25) is 9.59 Å². The number of amides is 2. The highest BCUT2D eigenvalue weighted by Gasteiger charge is 2.06. The second kappa shape index (κ2) is 43.2. The van der Waals surface area contributed by atoms with Crippen LogP contribution in [0.3, 0.4) is 0 Å². The quantitative estimate of drug-likeness (QED) is 0.0510. The van der Waals surface area contributed by atoms with Gasteiger partial charge in [-0.2, -0.15) is 0 Å². The van der Waals surface area contributed by atoms with E-state index in [2.05, 4.69) is 177 Å². The van der Waals surface area contributed by atoms with Crippen LogP contribution in [-0.4, -0.2) is 24.4 Å². The van der Waals surface area contributed by atoms with Gasteiger partial charge in [0, 0.05) is 25.4 Å². The van der Waals surface area contributed by atoms with Gasteiger partial charge in [0.05, 0.1) is 0 Å². The zero-order valence-electron chi connectivity index (χ0n) is 34.4. The van der Waals surface area contributed by atoms with E-state index >= 15 is 0 Å². The lowest BCUT2D eigenvalue weighted by molar-refractivity contribution is -0.122. The van der Waals surface area contributed by atoms with Crippen LogP contribution in [0.2, 0.25) is 0 Å². The molecule has 0 aliphatic heterocycles. The first-order valence-corrected chi connectivity index (χ1v) is 21.0. The van der Waals surface area contributed by atoms with Crippen molar-refractivity contribution in [1.82, 2.24) is 10.6 Å². The van der Waals surface area contributed by atoms with Gasteiger partial charge in [0.25, 0.3) is 0 Å². The van der Waals surface area contributed by atoms with Crippen molar-refractivity contribution in [3.63, 3.8) is 0 Å². The van der Waals surface area contributed by atoms with Crippen LogP contribution in [-0.2, 0) is 9.59 Å². The van der Waals surface area contributed by atoms with Gasteiger partial charge in [-0.15, -0.1) is 0 Å². The number of carbonyl (C=O) groups is 2. The summed E-state index contributed by atoms with van der Waals surface area (Å²) in [5, 5.41) is 6.12. The second-order valence-electron chi connectivity index (χ2n) is 13.2. The van der Waals surface area contributed by atoms with E-state index in [0.29, 0.717) is 19.4 Å². The molecule has 0 fully saturated rings. The Balaban J connectivity index is 3.70. The molecule has 0 rings (SSSR count). The molecule has 0 bridgehead atoms. The van der Waals surface area contributed by atoms with Crippen LogP contribution in [0.4, 0.5) is 0 Å². The summed E-state index contributed by atoms with van der Waals surface area (Å²) in [6.07, 6.45) is 69.8. The lowest BCUT2D eigenvalue weighted by atomic mass is 10.1. The monoisotopic (exact) mass is 737 g/mol. The van der Waals surface area contributed by atoms with Crippen LogP contribution in [0.1, 0.15) is 143 Å². The minimum Gasteiger partial charge on any atom is -0.356 e. The Morgan fingerprint density at radius 2 is 0.704 bits per heavy atom. The Bertz CT molecular complexity index is 1250. The Labute approximate surface area is 332 Å². The van der Waals surface area contributed by atoms with Crippen molar-refractivity contribution < 1.29 is 9.59 Å². The normalized spacial score (nSPS) is 13.8. The number of allylic oxidation sites excluding steroid dienone is 24. The summed E-state index contributed by atoms with van der Waals surface area (Å²) in [5.74, 6) is 0.204. The van der Waals surface area contributed by atoms with E-state index in [1.54, 1.807) is 0 Å². The van der Waals surface area contributed by atoms with Gasteiger partial charge in [0.2, 0.25) is 11.8 Å². The molecule has 4 nitrogen and oxygen atoms in total. The van der Waals surface area contributed by atoms with E-state index in [9.17, 15) is 9.59 Å². The fourth-order valence-corrected chi connectivity index (χ4v) is 5.02. The molecule has 0 aliphatic carbocycles. The maximum atomic E-state index is 12.3. The van der Waals surface area contributed by atoms with E-state index in [1.165, 1.54) is 0 Å². The molecule has 0 aromatic heterocycles. The minimum atomic E-state index is 0.102. The molecule has 0 saturated carbocycles. The summed E-state index contributed by atoms with van der Waals surface area (Å²) in [6, 6.07) is 0.145. The van der Waals surface area contributed by atoms with Crippen LogP contribution in [0.25, 0.3) is 0 Å². The predicted molar refractivity (Wildman–Crippen MR) is 239 cm³/mol. The first-order chi connectivity index (χ1) is 26.6. The van der Waals surface area contributed by atoms with Crippen LogP contribution >= 0.6 is 0 Å². The Morgan fingerprint density at radius 3 is 1.04 bits per heavy atom. The average molecular weight is 737 g/mol. The number of nitrogens with one attached hydrogen (secondary N) is 2. The van der Waals surface area contributed by atoms with Gasteiger partial charge >= 0.3 is 0 Å². The van der Waals surface area contributed by atoms with Gasteiger partial charge in [-0.25, -0.2) is 0 Å². The Morgan fingerprint density at radius 1 is 0.407 bits per heavy atom. The number of hydrogen-bond acceptors (Lipinski definition) is 2. The molecule has 0 aliphatic rings. The van der Waals surface area contributed by atoms with Crippen molar-refractivity contribution in [3.05, 3.63) is 146 Å². The first-order valence-electron chi connectivity index (χ1n) is 21.0. The summed E-state index contributed by atoms with van der Waals surface area (Å²) in [6.45, 7) is 7.05. The molecular formula is C50H76N2O2. The van der Waals surface area contributed by atoms with Gasteiger partial charge in [-0.1, -0.05) is 160 Å². The standard InChI is InChI=1S/C50H76N2O2/c1-4-6-8-10-12-14-16-18-20-22-24-26-28-30-32-34-36-38-40-45-49(53)51-47-43-42-44-48(3)52-50(54)46-41-39-37-35-33-31-29-27-25-23-21-19-17-15-13-11-9-7-5-2/h6-9,12-15,18-21,24-27,30-33,36-39,48H,4-5,10-11,16-17,22-23,28-29,34-35,40-47H2,1-3H3,(H,51,53)(H,52,54)/b8-6-,9-7-,14-12-,15-13-,20-18-,21-19-,26-24-,27-25-,32-30-,33-31-,38-36-,39-37-/t48-/m1/s1. The average Bonchev–Trinajstić information content (AvgIpc) is 3.16. The maximum Gasteiger partial charge on any atom is 0.220 e. The van der Waals surface area contributed by atoms with Crippen molar-refractivity contribution in [2.75, 3.05) is 6.54 Å². The molecule has 0 heterocycles. The lowest BCUT2D eigenvalue weighted by Crippen LogP contribution is -2.32.